The number of aromatic nitrogens is 1. The molecule has 132 valence electrons. The average Bonchev–Trinajstić information content (AvgIpc) is 2.63. The molecule has 3 aromatic rings. The van der Waals surface area contributed by atoms with Gasteiger partial charge in [-0.3, -0.25) is 9.59 Å². The molecule has 1 heterocycles. The molecule has 6 heteroatoms. The minimum Gasteiger partial charge on any atom is -0.448 e. The first-order valence-corrected chi connectivity index (χ1v) is 8.14. The van der Waals surface area contributed by atoms with E-state index in [9.17, 15) is 14.4 Å². The molecule has 0 aliphatic heterocycles. The van der Waals surface area contributed by atoms with Crippen molar-refractivity contribution in [2.75, 3.05) is 5.32 Å². The normalized spacial score (nSPS) is 11.8. The zero-order chi connectivity index (χ0) is 18.7. The van der Waals surface area contributed by atoms with E-state index < -0.39 is 18.0 Å². The van der Waals surface area contributed by atoms with Gasteiger partial charge in [0.2, 0.25) is 0 Å². The molecular formula is C20H18N2O4. The largest absolute Gasteiger partial charge is 0.448 e. The number of amides is 1. The smallest absolute Gasteiger partial charge is 0.355 e. The Hall–Kier alpha value is -3.41. The number of pyridine rings is 1. The Balaban J connectivity index is 1.71. The maximum Gasteiger partial charge on any atom is 0.355 e. The molecule has 3 rings (SSSR count). The number of aromatic amines is 1. The summed E-state index contributed by atoms with van der Waals surface area (Å²) in [6.07, 6.45) is -1.02. The van der Waals surface area contributed by atoms with Crippen LogP contribution in [0.5, 0.6) is 0 Å². The Kier molecular flexibility index (Phi) is 4.84. The van der Waals surface area contributed by atoms with Gasteiger partial charge in [0.15, 0.2) is 11.5 Å². The number of ether oxygens (including phenoxy) is 1. The summed E-state index contributed by atoms with van der Waals surface area (Å²) in [5.74, 6) is -1.22. The van der Waals surface area contributed by atoms with Gasteiger partial charge < -0.3 is 15.0 Å². The molecule has 0 radical (unpaired) electrons. The van der Waals surface area contributed by atoms with Crippen molar-refractivity contribution in [2.45, 2.75) is 20.0 Å². The number of carbonyl (C=O) groups excluding carboxylic acids is 2. The zero-order valence-corrected chi connectivity index (χ0v) is 14.4. The standard InChI is InChI=1S/C20H18N2O4/c1-12-7-9-14(10-8-12)21-19(24)13(2)26-20(25)17-11-18(23)15-5-3-4-6-16(15)22-17/h3-11,13H,1-2H3,(H,21,24)(H,22,23)/t13-/m1/s1. The van der Waals surface area contributed by atoms with Gasteiger partial charge in [-0.25, -0.2) is 4.79 Å². The molecule has 0 spiro atoms. The van der Waals surface area contributed by atoms with Crippen LogP contribution in [0.15, 0.2) is 59.4 Å². The summed E-state index contributed by atoms with van der Waals surface area (Å²) in [6.45, 7) is 3.42. The van der Waals surface area contributed by atoms with Crippen LogP contribution in [0.4, 0.5) is 5.69 Å². The lowest BCUT2D eigenvalue weighted by Gasteiger charge is -2.14. The number of hydrogen-bond donors (Lipinski definition) is 2. The third-order valence-electron chi connectivity index (χ3n) is 3.93. The first-order chi connectivity index (χ1) is 12.4. The van der Waals surface area contributed by atoms with Gasteiger partial charge in [0.05, 0.1) is 0 Å². The highest BCUT2D eigenvalue weighted by Crippen LogP contribution is 2.11. The molecule has 0 bridgehead atoms. The van der Waals surface area contributed by atoms with Gasteiger partial charge in [-0.2, -0.15) is 0 Å². The molecule has 1 aromatic heterocycles. The predicted octanol–water partition coefficient (Wildman–Crippen LogP) is 3.02. The van der Waals surface area contributed by atoms with E-state index in [1.54, 1.807) is 36.4 Å². The minimum atomic E-state index is -1.02. The number of anilines is 1. The van der Waals surface area contributed by atoms with Crippen molar-refractivity contribution < 1.29 is 14.3 Å². The number of carbonyl (C=O) groups is 2. The topological polar surface area (TPSA) is 88.3 Å². The second-order valence-electron chi connectivity index (χ2n) is 6.00. The summed E-state index contributed by atoms with van der Waals surface area (Å²) in [6, 6.07) is 15.3. The average molecular weight is 350 g/mol. The molecule has 2 N–H and O–H groups in total. The highest BCUT2D eigenvalue weighted by molar-refractivity contribution is 5.97. The van der Waals surface area contributed by atoms with Crippen LogP contribution in [0.2, 0.25) is 0 Å². The maximum absolute atomic E-state index is 12.3. The fourth-order valence-corrected chi connectivity index (χ4v) is 2.47. The summed E-state index contributed by atoms with van der Waals surface area (Å²) in [5.41, 5.74) is 1.93. The van der Waals surface area contributed by atoms with E-state index in [0.29, 0.717) is 16.6 Å². The second-order valence-corrected chi connectivity index (χ2v) is 6.00. The van der Waals surface area contributed by atoms with Gasteiger partial charge in [0.25, 0.3) is 5.91 Å². The Bertz CT molecular complexity index is 1020. The van der Waals surface area contributed by atoms with Crippen molar-refractivity contribution >= 4 is 28.5 Å². The van der Waals surface area contributed by atoms with Gasteiger partial charge in [0.1, 0.15) is 5.69 Å². The van der Waals surface area contributed by atoms with Crippen LogP contribution in [-0.2, 0) is 9.53 Å². The summed E-state index contributed by atoms with van der Waals surface area (Å²) >= 11 is 0. The molecule has 0 fully saturated rings. The van der Waals surface area contributed by atoms with E-state index in [-0.39, 0.29) is 11.1 Å². The number of esters is 1. The first kappa shape index (κ1) is 17.4. The zero-order valence-electron chi connectivity index (χ0n) is 14.4. The van der Waals surface area contributed by atoms with Crippen molar-refractivity contribution in [1.82, 2.24) is 4.98 Å². The van der Waals surface area contributed by atoms with Crippen molar-refractivity contribution in [2.24, 2.45) is 0 Å². The van der Waals surface area contributed by atoms with Crippen molar-refractivity contribution in [3.63, 3.8) is 0 Å². The number of H-pyrrole nitrogens is 1. The Morgan fingerprint density at radius 3 is 2.50 bits per heavy atom. The van der Waals surface area contributed by atoms with Crippen molar-refractivity contribution in [1.29, 1.82) is 0 Å². The molecular weight excluding hydrogens is 332 g/mol. The van der Waals surface area contributed by atoms with Gasteiger partial charge in [-0.05, 0) is 38.1 Å². The second kappa shape index (κ2) is 7.23. The van der Waals surface area contributed by atoms with E-state index in [1.807, 2.05) is 19.1 Å². The number of hydrogen-bond acceptors (Lipinski definition) is 4. The highest BCUT2D eigenvalue weighted by Gasteiger charge is 2.20. The Morgan fingerprint density at radius 2 is 1.77 bits per heavy atom. The maximum atomic E-state index is 12.3. The van der Waals surface area contributed by atoms with Gasteiger partial charge in [-0.15, -0.1) is 0 Å². The predicted molar refractivity (Wildman–Crippen MR) is 99.3 cm³/mol. The molecule has 0 aliphatic carbocycles. The summed E-state index contributed by atoms with van der Waals surface area (Å²) in [4.78, 5) is 39.4. The quantitative estimate of drug-likeness (QED) is 0.708. The lowest BCUT2D eigenvalue weighted by Crippen LogP contribution is -2.30. The number of aryl methyl sites for hydroxylation is 1. The number of nitrogens with one attached hydrogen (secondary N) is 2. The summed E-state index contributed by atoms with van der Waals surface area (Å²) < 4.78 is 5.18. The van der Waals surface area contributed by atoms with E-state index in [0.717, 1.165) is 5.56 Å². The molecule has 0 unspecified atom stereocenters. The van der Waals surface area contributed by atoms with E-state index in [1.165, 1.54) is 13.0 Å². The fourth-order valence-electron chi connectivity index (χ4n) is 2.47. The monoisotopic (exact) mass is 350 g/mol. The molecule has 6 nitrogen and oxygen atoms in total. The number of rotatable bonds is 4. The fraction of sp³-hybridized carbons (Fsp3) is 0.150. The third kappa shape index (κ3) is 3.80. The lowest BCUT2D eigenvalue weighted by atomic mass is 10.2. The van der Waals surface area contributed by atoms with Crippen molar-refractivity contribution in [3.8, 4) is 0 Å². The summed E-state index contributed by atoms with van der Waals surface area (Å²) in [7, 11) is 0. The van der Waals surface area contributed by atoms with E-state index in [2.05, 4.69) is 10.3 Å². The highest BCUT2D eigenvalue weighted by atomic mass is 16.5. The molecule has 0 saturated heterocycles. The van der Waals surface area contributed by atoms with E-state index in [4.69, 9.17) is 4.74 Å². The van der Waals surface area contributed by atoms with Crippen molar-refractivity contribution in [3.05, 3.63) is 76.1 Å². The van der Waals surface area contributed by atoms with E-state index >= 15 is 0 Å². The van der Waals surface area contributed by atoms with Gasteiger partial charge in [-0.1, -0.05) is 29.8 Å². The molecule has 1 amide bonds. The minimum absolute atomic E-state index is 0.00341. The van der Waals surface area contributed by atoms with Crippen LogP contribution < -0.4 is 10.7 Å². The Labute approximate surface area is 149 Å². The van der Waals surface area contributed by atoms with Gasteiger partial charge in [0, 0.05) is 22.7 Å². The van der Waals surface area contributed by atoms with Crippen LogP contribution >= 0.6 is 0 Å². The molecule has 1 atom stereocenters. The number of benzene rings is 2. The molecule has 26 heavy (non-hydrogen) atoms. The number of para-hydroxylation sites is 1. The van der Waals surface area contributed by atoms with Crippen LogP contribution in [-0.4, -0.2) is 23.0 Å². The lowest BCUT2D eigenvalue weighted by molar-refractivity contribution is -0.123. The van der Waals surface area contributed by atoms with Gasteiger partial charge >= 0.3 is 5.97 Å². The SMILES string of the molecule is Cc1ccc(NC(=O)[C@@H](C)OC(=O)c2cc(=O)c3ccccc3[nH]2)cc1. The molecule has 0 aliphatic rings. The molecule has 0 saturated carbocycles. The van der Waals surface area contributed by atoms with Crippen LogP contribution in [0.1, 0.15) is 23.0 Å². The third-order valence-corrected chi connectivity index (χ3v) is 3.93. The Morgan fingerprint density at radius 1 is 1.08 bits per heavy atom. The van der Waals surface area contributed by atoms with Crippen LogP contribution in [0, 0.1) is 6.92 Å². The summed E-state index contributed by atoms with van der Waals surface area (Å²) in [5, 5.41) is 3.16. The molecule has 2 aromatic carbocycles. The first-order valence-electron chi connectivity index (χ1n) is 8.14. The van der Waals surface area contributed by atoms with Crippen LogP contribution in [0.3, 0.4) is 0 Å². The van der Waals surface area contributed by atoms with Crippen LogP contribution in [0.25, 0.3) is 10.9 Å². The number of fused-ring (bicyclic) bond motifs is 1.